The summed E-state index contributed by atoms with van der Waals surface area (Å²) in [6.45, 7) is 2.81. The molecular weight excluding hydrogens is 140 g/mol. The van der Waals surface area contributed by atoms with Crippen molar-refractivity contribution in [2.45, 2.75) is 25.8 Å². The van der Waals surface area contributed by atoms with Crippen molar-refractivity contribution in [1.82, 2.24) is 10.6 Å². The van der Waals surface area contributed by atoms with Gasteiger partial charge in [-0.05, 0) is 19.8 Å². The Labute approximate surface area is 68.1 Å². The van der Waals surface area contributed by atoms with E-state index in [1.807, 2.05) is 6.92 Å². The summed E-state index contributed by atoms with van der Waals surface area (Å²) in [7, 11) is 1.72. The van der Waals surface area contributed by atoms with Crippen LogP contribution in [0.15, 0.2) is 0 Å². The largest absolute Gasteiger partial charge is 0.360 e. The topological polar surface area (TPSA) is 73.9 Å². The van der Waals surface area contributed by atoms with E-state index in [-0.39, 0.29) is 6.04 Å². The van der Waals surface area contributed by atoms with Crippen LogP contribution >= 0.6 is 0 Å². The van der Waals surface area contributed by atoms with Gasteiger partial charge in [0.1, 0.15) is 0 Å². The fourth-order valence-corrected chi connectivity index (χ4v) is 0.726. The summed E-state index contributed by atoms with van der Waals surface area (Å²) in [6.07, 6.45) is 2.02. The van der Waals surface area contributed by atoms with Gasteiger partial charge >= 0.3 is 0 Å². The average Bonchev–Trinajstić information content (AvgIpc) is 1.97. The molecule has 11 heavy (non-hydrogen) atoms. The third-order valence-corrected chi connectivity index (χ3v) is 1.39. The predicted octanol–water partition coefficient (Wildman–Crippen LogP) is -0.142. The fraction of sp³-hybridized carbons (Fsp3) is 0.857. The highest BCUT2D eigenvalue weighted by Gasteiger charge is 1.94. The van der Waals surface area contributed by atoms with Gasteiger partial charge in [0.25, 0.3) is 0 Å². The molecule has 0 bridgehead atoms. The van der Waals surface area contributed by atoms with Gasteiger partial charge < -0.3 is 16.4 Å². The lowest BCUT2D eigenvalue weighted by molar-refractivity contribution is 0.612. The first kappa shape index (κ1) is 10.2. The highest BCUT2D eigenvalue weighted by Crippen LogP contribution is 1.90. The van der Waals surface area contributed by atoms with Gasteiger partial charge in [0.05, 0.1) is 0 Å². The molecule has 66 valence electrons. The third kappa shape index (κ3) is 7.12. The van der Waals surface area contributed by atoms with Crippen LogP contribution < -0.4 is 16.4 Å². The van der Waals surface area contributed by atoms with Crippen molar-refractivity contribution < 1.29 is 0 Å². The Balaban J connectivity index is 3.08. The Bertz CT molecular complexity index is 111. The zero-order valence-corrected chi connectivity index (χ0v) is 7.28. The first-order valence-corrected chi connectivity index (χ1v) is 3.92. The molecule has 0 aliphatic carbocycles. The van der Waals surface area contributed by atoms with Gasteiger partial charge in [-0.3, -0.25) is 5.41 Å². The maximum atomic E-state index is 7.17. The number of nitrogens with two attached hydrogens (primary N) is 1. The number of hydrogen-bond donors (Lipinski definition) is 4. The van der Waals surface area contributed by atoms with Crippen LogP contribution in [-0.4, -0.2) is 25.6 Å². The van der Waals surface area contributed by atoms with Crippen molar-refractivity contribution in [1.29, 1.82) is 5.41 Å². The highest BCUT2D eigenvalue weighted by molar-refractivity contribution is 5.75. The van der Waals surface area contributed by atoms with Crippen molar-refractivity contribution in [2.24, 2.45) is 5.73 Å². The Morgan fingerprint density at radius 1 is 1.64 bits per heavy atom. The molecule has 0 aromatic carbocycles. The minimum atomic E-state index is 0.264. The lowest BCUT2D eigenvalue weighted by atomic mass is 10.2. The minimum absolute atomic E-state index is 0.264. The number of nitrogens with one attached hydrogen (secondary N) is 3. The summed E-state index contributed by atoms with van der Waals surface area (Å²) in [5.74, 6) is 0.370. The molecule has 5 N–H and O–H groups in total. The normalized spacial score (nSPS) is 12.3. The summed E-state index contributed by atoms with van der Waals surface area (Å²) in [5, 5.41) is 12.8. The third-order valence-electron chi connectivity index (χ3n) is 1.39. The zero-order chi connectivity index (χ0) is 8.69. The van der Waals surface area contributed by atoms with Crippen LogP contribution in [0, 0.1) is 5.41 Å². The maximum Gasteiger partial charge on any atom is 0.188 e. The van der Waals surface area contributed by atoms with E-state index in [0.717, 1.165) is 19.4 Å². The zero-order valence-electron chi connectivity index (χ0n) is 7.28. The fourth-order valence-electron chi connectivity index (χ4n) is 0.726. The van der Waals surface area contributed by atoms with Gasteiger partial charge in [-0.15, -0.1) is 0 Å². The minimum Gasteiger partial charge on any atom is -0.360 e. The smallest absolute Gasteiger partial charge is 0.188 e. The van der Waals surface area contributed by atoms with Gasteiger partial charge in [-0.2, -0.15) is 0 Å². The molecule has 1 atom stereocenters. The van der Waals surface area contributed by atoms with E-state index >= 15 is 0 Å². The van der Waals surface area contributed by atoms with E-state index in [1.54, 1.807) is 7.05 Å². The van der Waals surface area contributed by atoms with E-state index in [1.165, 1.54) is 0 Å². The Hall–Kier alpha value is -0.770. The van der Waals surface area contributed by atoms with Crippen molar-refractivity contribution >= 4 is 5.96 Å². The van der Waals surface area contributed by atoms with Crippen LogP contribution in [0.25, 0.3) is 0 Å². The van der Waals surface area contributed by atoms with E-state index in [0.29, 0.717) is 5.96 Å². The molecule has 4 heteroatoms. The van der Waals surface area contributed by atoms with Crippen molar-refractivity contribution in [3.8, 4) is 0 Å². The first-order valence-electron chi connectivity index (χ1n) is 3.92. The number of rotatable bonds is 4. The molecule has 0 rings (SSSR count). The molecule has 0 aromatic rings. The second-order valence-electron chi connectivity index (χ2n) is 2.67. The lowest BCUT2D eigenvalue weighted by Crippen LogP contribution is -2.34. The van der Waals surface area contributed by atoms with E-state index < -0.39 is 0 Å². The Morgan fingerprint density at radius 3 is 2.73 bits per heavy atom. The predicted molar refractivity (Wildman–Crippen MR) is 47.7 cm³/mol. The van der Waals surface area contributed by atoms with E-state index in [4.69, 9.17) is 11.1 Å². The molecule has 0 amide bonds. The molecule has 0 aliphatic rings. The SMILES string of the molecule is CNC(=N)NCCCC(C)N. The second-order valence-corrected chi connectivity index (χ2v) is 2.67. The van der Waals surface area contributed by atoms with Crippen LogP contribution in [0.4, 0.5) is 0 Å². The van der Waals surface area contributed by atoms with Gasteiger partial charge in [-0.1, -0.05) is 0 Å². The van der Waals surface area contributed by atoms with Crippen molar-refractivity contribution in [2.75, 3.05) is 13.6 Å². The van der Waals surface area contributed by atoms with E-state index in [9.17, 15) is 0 Å². The van der Waals surface area contributed by atoms with Crippen LogP contribution in [0.2, 0.25) is 0 Å². The summed E-state index contributed by atoms with van der Waals surface area (Å²) >= 11 is 0. The molecule has 1 unspecified atom stereocenters. The van der Waals surface area contributed by atoms with E-state index in [2.05, 4.69) is 10.6 Å². The monoisotopic (exact) mass is 158 g/mol. The first-order chi connectivity index (χ1) is 5.16. The molecule has 0 saturated carbocycles. The Morgan fingerprint density at radius 2 is 2.27 bits per heavy atom. The molecule has 0 heterocycles. The lowest BCUT2D eigenvalue weighted by Gasteiger charge is -2.07. The highest BCUT2D eigenvalue weighted by atomic mass is 15.1. The quantitative estimate of drug-likeness (QED) is 0.261. The molecule has 0 aliphatic heterocycles. The molecule has 0 saturated heterocycles. The van der Waals surface area contributed by atoms with Crippen molar-refractivity contribution in [3.05, 3.63) is 0 Å². The maximum absolute atomic E-state index is 7.17. The number of hydrogen-bond acceptors (Lipinski definition) is 2. The van der Waals surface area contributed by atoms with Gasteiger partial charge in [0.15, 0.2) is 5.96 Å². The van der Waals surface area contributed by atoms with Gasteiger partial charge in [0.2, 0.25) is 0 Å². The number of guanidine groups is 1. The van der Waals surface area contributed by atoms with Crippen LogP contribution in [-0.2, 0) is 0 Å². The van der Waals surface area contributed by atoms with Gasteiger partial charge in [0, 0.05) is 19.6 Å². The summed E-state index contributed by atoms with van der Waals surface area (Å²) < 4.78 is 0. The molecule has 0 radical (unpaired) electrons. The average molecular weight is 158 g/mol. The molecule has 0 aromatic heterocycles. The van der Waals surface area contributed by atoms with Crippen LogP contribution in [0.1, 0.15) is 19.8 Å². The summed E-state index contributed by atoms with van der Waals surface area (Å²) in [4.78, 5) is 0. The Kier molecular flexibility index (Phi) is 5.56. The summed E-state index contributed by atoms with van der Waals surface area (Å²) in [5.41, 5.74) is 5.54. The molecule has 0 spiro atoms. The van der Waals surface area contributed by atoms with Gasteiger partial charge in [-0.25, -0.2) is 0 Å². The molecular formula is C7H18N4. The molecule has 4 nitrogen and oxygen atoms in total. The standard InChI is InChI=1S/C7H18N4/c1-6(8)4-3-5-11-7(9)10-2/h6H,3-5,8H2,1-2H3,(H3,9,10,11). The molecule has 0 fully saturated rings. The van der Waals surface area contributed by atoms with Crippen molar-refractivity contribution in [3.63, 3.8) is 0 Å². The van der Waals surface area contributed by atoms with Crippen LogP contribution in [0.5, 0.6) is 0 Å². The second kappa shape index (κ2) is 5.97. The van der Waals surface area contributed by atoms with Crippen LogP contribution in [0.3, 0.4) is 0 Å². The summed E-state index contributed by atoms with van der Waals surface area (Å²) in [6, 6.07) is 0.264.